The topological polar surface area (TPSA) is 49.4 Å². The second kappa shape index (κ2) is 9.00. The first-order valence-electron chi connectivity index (χ1n) is 9.12. The Bertz CT molecular complexity index is 841. The summed E-state index contributed by atoms with van der Waals surface area (Å²) in [5.41, 5.74) is 2.87. The Labute approximate surface area is 168 Å². The lowest BCUT2D eigenvalue weighted by Gasteiger charge is -2.30. The highest BCUT2D eigenvalue weighted by molar-refractivity contribution is 9.10. The van der Waals surface area contributed by atoms with Crippen LogP contribution in [0.1, 0.15) is 24.0 Å². The summed E-state index contributed by atoms with van der Waals surface area (Å²) in [5, 5.41) is 3.02. The van der Waals surface area contributed by atoms with Gasteiger partial charge in [0.05, 0.1) is 0 Å². The Hall–Kier alpha value is -2.40. The molecule has 0 radical (unpaired) electrons. The number of carbonyl (C=O) groups is 2. The molecule has 2 amide bonds. The van der Waals surface area contributed by atoms with Gasteiger partial charge in [0.25, 0.3) is 0 Å². The Kier molecular flexibility index (Phi) is 6.45. The van der Waals surface area contributed by atoms with E-state index in [0.29, 0.717) is 25.9 Å². The van der Waals surface area contributed by atoms with Gasteiger partial charge in [0.1, 0.15) is 0 Å². The highest BCUT2D eigenvalue weighted by Gasteiger charge is 2.26. The Morgan fingerprint density at radius 1 is 1.11 bits per heavy atom. The minimum absolute atomic E-state index is 0.00136. The molecule has 3 rings (SSSR count). The summed E-state index contributed by atoms with van der Waals surface area (Å²) in [6.45, 7) is 3.19. The molecule has 4 nitrogen and oxygen atoms in total. The molecule has 1 N–H and O–H groups in total. The fourth-order valence-corrected chi connectivity index (χ4v) is 3.68. The second-order valence-corrected chi connectivity index (χ2v) is 7.71. The van der Waals surface area contributed by atoms with Crippen molar-refractivity contribution in [2.24, 2.45) is 5.92 Å². The van der Waals surface area contributed by atoms with Crippen molar-refractivity contribution in [3.05, 3.63) is 70.2 Å². The van der Waals surface area contributed by atoms with E-state index >= 15 is 0 Å². The van der Waals surface area contributed by atoms with Gasteiger partial charge in [0, 0.05) is 35.2 Å². The zero-order valence-electron chi connectivity index (χ0n) is 15.3. The third kappa shape index (κ3) is 5.30. The Morgan fingerprint density at radius 3 is 2.48 bits per heavy atom. The zero-order chi connectivity index (χ0) is 19.2. The summed E-state index contributed by atoms with van der Waals surface area (Å²) in [6, 6.07) is 15.6. The molecule has 2 aromatic carbocycles. The molecular weight excluding hydrogens is 404 g/mol. The van der Waals surface area contributed by atoms with Crippen LogP contribution in [-0.2, 0) is 9.59 Å². The van der Waals surface area contributed by atoms with Gasteiger partial charge in [-0.05, 0) is 55.2 Å². The van der Waals surface area contributed by atoms with Gasteiger partial charge in [-0.1, -0.05) is 46.3 Å². The second-order valence-electron chi connectivity index (χ2n) is 6.79. The van der Waals surface area contributed by atoms with Crippen molar-refractivity contribution in [2.75, 3.05) is 18.4 Å². The van der Waals surface area contributed by atoms with E-state index in [-0.39, 0.29) is 17.7 Å². The third-order valence-electron chi connectivity index (χ3n) is 4.84. The van der Waals surface area contributed by atoms with E-state index < -0.39 is 0 Å². The summed E-state index contributed by atoms with van der Waals surface area (Å²) in [7, 11) is 0. The minimum atomic E-state index is -0.0600. The van der Waals surface area contributed by atoms with Crippen LogP contribution >= 0.6 is 15.9 Å². The van der Waals surface area contributed by atoms with Crippen molar-refractivity contribution >= 4 is 39.5 Å². The number of rotatable bonds is 4. The Balaban J connectivity index is 1.51. The number of nitrogens with zero attached hydrogens (tertiary/aromatic N) is 1. The fraction of sp³-hybridized carbons (Fsp3) is 0.273. The number of halogens is 1. The zero-order valence-corrected chi connectivity index (χ0v) is 16.9. The average molecular weight is 427 g/mol. The number of carbonyl (C=O) groups excluding carboxylic acids is 2. The normalized spacial score (nSPS) is 15.1. The third-order valence-corrected chi connectivity index (χ3v) is 5.33. The molecule has 0 unspecified atom stereocenters. The summed E-state index contributed by atoms with van der Waals surface area (Å²) in [6.07, 6.45) is 4.82. The van der Waals surface area contributed by atoms with E-state index in [9.17, 15) is 9.59 Å². The molecule has 1 aliphatic heterocycles. The first-order chi connectivity index (χ1) is 13.0. The first kappa shape index (κ1) is 19.4. The van der Waals surface area contributed by atoms with E-state index in [1.165, 1.54) is 0 Å². The van der Waals surface area contributed by atoms with Gasteiger partial charge in [0.2, 0.25) is 11.8 Å². The van der Waals surface area contributed by atoms with Crippen LogP contribution in [0.15, 0.2) is 59.1 Å². The van der Waals surface area contributed by atoms with Crippen LogP contribution in [-0.4, -0.2) is 29.8 Å². The van der Waals surface area contributed by atoms with Crippen LogP contribution in [0, 0.1) is 12.8 Å². The van der Waals surface area contributed by atoms with Crippen LogP contribution in [0.4, 0.5) is 5.69 Å². The largest absolute Gasteiger partial charge is 0.339 e. The molecule has 1 heterocycles. The molecule has 1 aliphatic rings. The van der Waals surface area contributed by atoms with Crippen LogP contribution in [0.2, 0.25) is 0 Å². The minimum Gasteiger partial charge on any atom is -0.339 e. The molecule has 0 bridgehead atoms. The predicted molar refractivity (Wildman–Crippen MR) is 112 cm³/mol. The van der Waals surface area contributed by atoms with Crippen molar-refractivity contribution in [1.29, 1.82) is 0 Å². The predicted octanol–water partition coefficient (Wildman–Crippen LogP) is 4.65. The Morgan fingerprint density at radius 2 is 1.81 bits per heavy atom. The van der Waals surface area contributed by atoms with Gasteiger partial charge in [-0.25, -0.2) is 0 Å². The summed E-state index contributed by atoms with van der Waals surface area (Å²) >= 11 is 3.43. The lowest BCUT2D eigenvalue weighted by molar-refractivity contribution is -0.130. The molecule has 0 saturated carbocycles. The monoisotopic (exact) mass is 426 g/mol. The number of hydrogen-bond acceptors (Lipinski definition) is 2. The van der Waals surface area contributed by atoms with Gasteiger partial charge in [-0.15, -0.1) is 0 Å². The highest BCUT2D eigenvalue weighted by Crippen LogP contribution is 2.23. The number of likely N-dealkylation sites (tertiary alicyclic amines) is 1. The van der Waals surface area contributed by atoms with Crippen molar-refractivity contribution < 1.29 is 9.59 Å². The summed E-state index contributed by atoms with van der Waals surface area (Å²) in [5.74, 6) is -0.0241. The average Bonchev–Trinajstić information content (AvgIpc) is 2.69. The summed E-state index contributed by atoms with van der Waals surface area (Å²) in [4.78, 5) is 26.7. The van der Waals surface area contributed by atoms with Crippen LogP contribution in [0.25, 0.3) is 6.08 Å². The molecule has 140 valence electrons. The van der Waals surface area contributed by atoms with Gasteiger partial charge in [0.15, 0.2) is 0 Å². The quantitative estimate of drug-likeness (QED) is 0.723. The molecule has 1 saturated heterocycles. The number of nitrogens with one attached hydrogen (secondary N) is 1. The molecule has 1 fully saturated rings. The molecule has 0 atom stereocenters. The number of anilines is 1. The molecular formula is C22H23BrN2O2. The van der Waals surface area contributed by atoms with Crippen LogP contribution < -0.4 is 5.32 Å². The smallest absolute Gasteiger partial charge is 0.246 e. The van der Waals surface area contributed by atoms with Crippen LogP contribution in [0.3, 0.4) is 0 Å². The van der Waals surface area contributed by atoms with Crippen molar-refractivity contribution in [1.82, 2.24) is 4.90 Å². The molecule has 0 spiro atoms. The standard InChI is InChI=1S/C22H23BrN2O2/c1-16-15-19(23)8-9-20(16)24-22(27)18-11-13-25(14-12-18)21(26)10-7-17-5-3-2-4-6-17/h2-10,15,18H,11-14H2,1H3,(H,24,27)/b10-7+. The fourth-order valence-electron chi connectivity index (χ4n) is 3.20. The lowest BCUT2D eigenvalue weighted by Crippen LogP contribution is -2.40. The maximum atomic E-state index is 12.6. The van der Waals surface area contributed by atoms with E-state index in [1.54, 1.807) is 6.08 Å². The maximum absolute atomic E-state index is 12.6. The van der Waals surface area contributed by atoms with Gasteiger partial charge < -0.3 is 10.2 Å². The van der Waals surface area contributed by atoms with E-state index in [2.05, 4.69) is 21.2 Å². The molecule has 0 aromatic heterocycles. The van der Waals surface area contributed by atoms with Crippen molar-refractivity contribution in [3.63, 3.8) is 0 Å². The number of hydrogen-bond donors (Lipinski definition) is 1. The first-order valence-corrected chi connectivity index (χ1v) is 9.91. The van der Waals surface area contributed by atoms with E-state index in [0.717, 1.165) is 21.3 Å². The van der Waals surface area contributed by atoms with E-state index in [4.69, 9.17) is 0 Å². The SMILES string of the molecule is Cc1cc(Br)ccc1NC(=O)C1CCN(C(=O)/C=C/c2ccccc2)CC1. The van der Waals surface area contributed by atoms with Gasteiger partial charge in [-0.2, -0.15) is 0 Å². The maximum Gasteiger partial charge on any atom is 0.246 e. The molecule has 2 aromatic rings. The molecule has 27 heavy (non-hydrogen) atoms. The number of amides is 2. The number of piperidine rings is 1. The van der Waals surface area contributed by atoms with E-state index in [1.807, 2.05) is 66.4 Å². The van der Waals surface area contributed by atoms with Gasteiger partial charge >= 0.3 is 0 Å². The molecule has 0 aliphatic carbocycles. The number of aryl methyl sites for hydroxylation is 1. The molecule has 5 heteroatoms. The summed E-state index contributed by atoms with van der Waals surface area (Å²) < 4.78 is 0.994. The van der Waals surface area contributed by atoms with Crippen LogP contribution in [0.5, 0.6) is 0 Å². The van der Waals surface area contributed by atoms with Crippen molar-refractivity contribution in [3.8, 4) is 0 Å². The number of benzene rings is 2. The highest BCUT2D eigenvalue weighted by atomic mass is 79.9. The van der Waals surface area contributed by atoms with Gasteiger partial charge in [-0.3, -0.25) is 9.59 Å². The lowest BCUT2D eigenvalue weighted by atomic mass is 9.95. The van der Waals surface area contributed by atoms with Crippen molar-refractivity contribution in [2.45, 2.75) is 19.8 Å².